The molecule has 0 bridgehead atoms. The number of hydrogen-bond acceptors (Lipinski definition) is 4. The Morgan fingerprint density at radius 2 is 2.25 bits per heavy atom. The Morgan fingerprint density at radius 3 is 2.75 bits per heavy atom. The summed E-state index contributed by atoms with van der Waals surface area (Å²) in [6, 6.07) is 0. The van der Waals surface area contributed by atoms with Crippen molar-refractivity contribution in [1.29, 1.82) is 0 Å². The SMILES string of the molecule is CN(C)CNC(=O)CCCOO. The smallest absolute Gasteiger partial charge is 0.221 e. The van der Waals surface area contributed by atoms with Gasteiger partial charge in [-0.1, -0.05) is 0 Å². The van der Waals surface area contributed by atoms with E-state index in [0.29, 0.717) is 19.5 Å². The monoisotopic (exact) mass is 176 g/mol. The first-order chi connectivity index (χ1) is 5.66. The molecule has 0 aromatic carbocycles. The normalized spacial score (nSPS) is 10.3. The van der Waals surface area contributed by atoms with Crippen LogP contribution in [0.3, 0.4) is 0 Å². The van der Waals surface area contributed by atoms with Crippen molar-refractivity contribution in [3.8, 4) is 0 Å². The molecule has 0 aromatic rings. The molecule has 0 saturated heterocycles. The maximum atomic E-state index is 10.9. The van der Waals surface area contributed by atoms with Crippen molar-refractivity contribution in [2.24, 2.45) is 0 Å². The molecule has 0 atom stereocenters. The van der Waals surface area contributed by atoms with Crippen LogP contribution in [0.4, 0.5) is 0 Å². The molecule has 0 rings (SSSR count). The topological polar surface area (TPSA) is 61.8 Å². The van der Waals surface area contributed by atoms with Crippen LogP contribution in [0.2, 0.25) is 0 Å². The van der Waals surface area contributed by atoms with Gasteiger partial charge in [0, 0.05) is 6.42 Å². The van der Waals surface area contributed by atoms with Crippen LogP contribution in [0.1, 0.15) is 12.8 Å². The number of nitrogens with zero attached hydrogens (tertiary/aromatic N) is 1. The van der Waals surface area contributed by atoms with E-state index in [0.717, 1.165) is 0 Å². The van der Waals surface area contributed by atoms with Gasteiger partial charge in [-0.2, -0.15) is 0 Å². The first-order valence-electron chi connectivity index (χ1n) is 3.84. The molecular weight excluding hydrogens is 160 g/mol. The van der Waals surface area contributed by atoms with Crippen molar-refractivity contribution in [1.82, 2.24) is 10.2 Å². The number of carbonyl (C=O) groups is 1. The highest BCUT2D eigenvalue weighted by Gasteiger charge is 1.99. The van der Waals surface area contributed by atoms with Crippen LogP contribution in [0.5, 0.6) is 0 Å². The molecule has 0 saturated carbocycles. The average Bonchev–Trinajstić information content (AvgIpc) is 2.01. The molecule has 0 aromatic heterocycles. The fraction of sp³-hybridized carbons (Fsp3) is 0.857. The lowest BCUT2D eigenvalue weighted by molar-refractivity contribution is -0.242. The number of amides is 1. The fourth-order valence-electron chi connectivity index (χ4n) is 0.632. The third-order valence-corrected chi connectivity index (χ3v) is 1.23. The molecular formula is C7H16N2O3. The Bertz CT molecular complexity index is 128. The minimum atomic E-state index is -0.0271. The van der Waals surface area contributed by atoms with E-state index >= 15 is 0 Å². The first-order valence-corrected chi connectivity index (χ1v) is 3.84. The van der Waals surface area contributed by atoms with Gasteiger partial charge in [0.2, 0.25) is 5.91 Å². The minimum absolute atomic E-state index is 0.0271. The van der Waals surface area contributed by atoms with Gasteiger partial charge in [0.05, 0.1) is 13.3 Å². The number of rotatable bonds is 6. The Hall–Kier alpha value is -0.650. The van der Waals surface area contributed by atoms with Gasteiger partial charge in [-0.05, 0) is 20.5 Å². The summed E-state index contributed by atoms with van der Waals surface area (Å²) in [5.74, 6) is -0.0271. The molecule has 0 aliphatic carbocycles. The molecule has 72 valence electrons. The van der Waals surface area contributed by atoms with E-state index in [-0.39, 0.29) is 12.5 Å². The Labute approximate surface area is 72.2 Å². The quantitative estimate of drug-likeness (QED) is 0.256. The highest BCUT2D eigenvalue weighted by molar-refractivity contribution is 5.75. The first kappa shape index (κ1) is 11.4. The number of carbonyl (C=O) groups excluding carboxylic acids is 1. The summed E-state index contributed by atoms with van der Waals surface area (Å²) in [6.07, 6.45) is 0.921. The van der Waals surface area contributed by atoms with E-state index in [9.17, 15) is 4.79 Å². The Morgan fingerprint density at radius 1 is 1.58 bits per heavy atom. The second-order valence-corrected chi connectivity index (χ2v) is 2.77. The molecule has 2 N–H and O–H groups in total. The second-order valence-electron chi connectivity index (χ2n) is 2.77. The molecule has 0 aliphatic rings. The summed E-state index contributed by atoms with van der Waals surface area (Å²) in [4.78, 5) is 16.6. The summed E-state index contributed by atoms with van der Waals surface area (Å²) in [5, 5.41) is 10.6. The van der Waals surface area contributed by atoms with Crippen LogP contribution in [0.25, 0.3) is 0 Å². The molecule has 0 heterocycles. The third kappa shape index (κ3) is 7.46. The predicted octanol–water partition coefficient (Wildman–Crippen LogP) is -0.109. The van der Waals surface area contributed by atoms with Crippen LogP contribution < -0.4 is 5.32 Å². The van der Waals surface area contributed by atoms with Crippen molar-refractivity contribution in [2.45, 2.75) is 12.8 Å². The van der Waals surface area contributed by atoms with Gasteiger partial charge in [0.1, 0.15) is 0 Å². The molecule has 0 aliphatic heterocycles. The molecule has 0 fully saturated rings. The molecule has 1 amide bonds. The number of hydrogen-bond donors (Lipinski definition) is 2. The van der Waals surface area contributed by atoms with Crippen molar-refractivity contribution in [3.05, 3.63) is 0 Å². The molecule has 5 heteroatoms. The molecule has 0 unspecified atom stereocenters. The van der Waals surface area contributed by atoms with Crippen LogP contribution in [0, 0.1) is 0 Å². The predicted molar refractivity (Wildman–Crippen MR) is 44.5 cm³/mol. The lowest BCUT2D eigenvalue weighted by atomic mass is 10.3. The van der Waals surface area contributed by atoms with E-state index in [1.54, 1.807) is 0 Å². The molecule has 12 heavy (non-hydrogen) atoms. The summed E-state index contributed by atoms with van der Waals surface area (Å²) in [5.41, 5.74) is 0. The van der Waals surface area contributed by atoms with Crippen molar-refractivity contribution < 1.29 is 14.9 Å². The zero-order valence-corrected chi connectivity index (χ0v) is 7.54. The third-order valence-electron chi connectivity index (χ3n) is 1.23. The lowest BCUT2D eigenvalue weighted by Crippen LogP contribution is -2.32. The summed E-state index contributed by atoms with van der Waals surface area (Å²) in [6.45, 7) is 0.744. The van der Waals surface area contributed by atoms with Crippen molar-refractivity contribution in [2.75, 3.05) is 27.4 Å². The average molecular weight is 176 g/mol. The van der Waals surface area contributed by atoms with E-state index in [1.165, 1.54) is 0 Å². The summed E-state index contributed by atoms with van der Waals surface area (Å²) < 4.78 is 0. The minimum Gasteiger partial charge on any atom is -0.343 e. The fourth-order valence-corrected chi connectivity index (χ4v) is 0.632. The molecule has 5 nitrogen and oxygen atoms in total. The van der Waals surface area contributed by atoms with Gasteiger partial charge >= 0.3 is 0 Å². The Kier molecular flexibility index (Phi) is 6.64. The van der Waals surface area contributed by atoms with Crippen LogP contribution in [-0.2, 0) is 9.68 Å². The van der Waals surface area contributed by atoms with Gasteiger partial charge in [0.15, 0.2) is 0 Å². The van der Waals surface area contributed by atoms with Crippen molar-refractivity contribution >= 4 is 5.91 Å². The van der Waals surface area contributed by atoms with E-state index < -0.39 is 0 Å². The molecule has 0 radical (unpaired) electrons. The number of nitrogens with one attached hydrogen (secondary N) is 1. The second kappa shape index (κ2) is 7.02. The largest absolute Gasteiger partial charge is 0.343 e. The van der Waals surface area contributed by atoms with Crippen LogP contribution >= 0.6 is 0 Å². The van der Waals surface area contributed by atoms with E-state index in [1.807, 2.05) is 19.0 Å². The highest BCUT2D eigenvalue weighted by atomic mass is 17.1. The standard InChI is InChI=1S/C7H16N2O3/c1-9(2)6-8-7(10)4-3-5-12-11/h11H,3-6H2,1-2H3,(H,8,10). The lowest BCUT2D eigenvalue weighted by Gasteiger charge is -2.10. The summed E-state index contributed by atoms with van der Waals surface area (Å²) >= 11 is 0. The van der Waals surface area contributed by atoms with Gasteiger partial charge in [-0.3, -0.25) is 15.0 Å². The zero-order valence-electron chi connectivity index (χ0n) is 7.54. The van der Waals surface area contributed by atoms with Gasteiger partial charge in [0.25, 0.3) is 0 Å². The van der Waals surface area contributed by atoms with Gasteiger partial charge in [-0.25, -0.2) is 4.89 Å². The summed E-state index contributed by atoms with van der Waals surface area (Å²) in [7, 11) is 3.74. The molecule has 0 spiro atoms. The van der Waals surface area contributed by atoms with Gasteiger partial charge in [-0.15, -0.1) is 0 Å². The van der Waals surface area contributed by atoms with Crippen LogP contribution in [-0.4, -0.2) is 43.4 Å². The van der Waals surface area contributed by atoms with E-state index in [4.69, 9.17) is 5.26 Å². The maximum absolute atomic E-state index is 10.9. The highest BCUT2D eigenvalue weighted by Crippen LogP contribution is 1.88. The zero-order chi connectivity index (χ0) is 9.40. The van der Waals surface area contributed by atoms with Crippen molar-refractivity contribution in [3.63, 3.8) is 0 Å². The Balaban J connectivity index is 3.22. The van der Waals surface area contributed by atoms with Gasteiger partial charge < -0.3 is 5.32 Å². The van der Waals surface area contributed by atoms with Crippen LogP contribution in [0.15, 0.2) is 0 Å². The van der Waals surface area contributed by atoms with E-state index in [2.05, 4.69) is 10.2 Å². The maximum Gasteiger partial charge on any atom is 0.221 e.